The second-order valence-electron chi connectivity index (χ2n) is 3.85. The number of nitrogens with zero attached hydrogens (tertiary/aromatic N) is 3. The van der Waals surface area contributed by atoms with E-state index < -0.39 is 11.9 Å². The van der Waals surface area contributed by atoms with E-state index in [0.717, 1.165) is 0 Å². The Balaban J connectivity index is 2.05. The predicted molar refractivity (Wildman–Crippen MR) is 68.1 cm³/mol. The summed E-state index contributed by atoms with van der Waals surface area (Å²) in [6.07, 6.45) is 5.44. The van der Waals surface area contributed by atoms with Crippen molar-refractivity contribution in [2.45, 2.75) is 6.54 Å². The van der Waals surface area contributed by atoms with Gasteiger partial charge in [-0.3, -0.25) is 19.3 Å². The topological polar surface area (TPSA) is 106 Å². The van der Waals surface area contributed by atoms with E-state index in [4.69, 9.17) is 0 Å². The first-order valence-corrected chi connectivity index (χ1v) is 5.63. The molecule has 0 saturated heterocycles. The van der Waals surface area contributed by atoms with Crippen molar-refractivity contribution in [3.63, 3.8) is 0 Å². The van der Waals surface area contributed by atoms with Crippen molar-refractivity contribution in [3.05, 3.63) is 36.4 Å². The smallest absolute Gasteiger partial charge is 0.327 e. The zero-order chi connectivity index (χ0) is 14.5. The lowest BCUT2D eigenvalue weighted by molar-refractivity contribution is -0.141. The molecule has 2 aromatic heterocycles. The molecule has 2 heterocycles. The van der Waals surface area contributed by atoms with Crippen LogP contribution in [0.5, 0.6) is 5.75 Å². The van der Waals surface area contributed by atoms with Crippen LogP contribution in [0.2, 0.25) is 0 Å². The van der Waals surface area contributed by atoms with Gasteiger partial charge in [0.1, 0.15) is 12.3 Å². The Hall–Kier alpha value is -2.90. The standard InChI is InChI=1S/C12H12N4O4/c1-20-11(18)7-16-6-8(4-14-16)15-12(19)9-2-3-13-5-10(9)17/h2-6,17H,7H2,1H3,(H,15,19). The Bertz CT molecular complexity index is 638. The molecule has 8 heteroatoms. The fourth-order valence-corrected chi connectivity index (χ4v) is 1.49. The van der Waals surface area contributed by atoms with E-state index in [1.165, 1.54) is 42.6 Å². The van der Waals surface area contributed by atoms with Crippen LogP contribution in [0.1, 0.15) is 10.4 Å². The zero-order valence-corrected chi connectivity index (χ0v) is 10.6. The van der Waals surface area contributed by atoms with Gasteiger partial charge < -0.3 is 15.2 Å². The Kier molecular flexibility index (Phi) is 3.94. The quantitative estimate of drug-likeness (QED) is 0.783. The third-order valence-electron chi connectivity index (χ3n) is 2.45. The van der Waals surface area contributed by atoms with E-state index in [2.05, 4.69) is 20.1 Å². The summed E-state index contributed by atoms with van der Waals surface area (Å²) in [5.74, 6) is -1.16. The summed E-state index contributed by atoms with van der Waals surface area (Å²) in [4.78, 5) is 26.6. The summed E-state index contributed by atoms with van der Waals surface area (Å²) in [6, 6.07) is 1.39. The number of hydrogen-bond acceptors (Lipinski definition) is 6. The van der Waals surface area contributed by atoms with Crippen LogP contribution in [0.3, 0.4) is 0 Å². The van der Waals surface area contributed by atoms with Gasteiger partial charge in [-0.15, -0.1) is 0 Å². The molecule has 0 aromatic carbocycles. The predicted octanol–water partition coefficient (Wildman–Crippen LogP) is 0.409. The van der Waals surface area contributed by atoms with Crippen LogP contribution in [-0.4, -0.2) is 38.9 Å². The van der Waals surface area contributed by atoms with Gasteiger partial charge in [0.05, 0.1) is 30.8 Å². The SMILES string of the molecule is COC(=O)Cn1cc(NC(=O)c2ccncc2O)cn1. The molecule has 0 bridgehead atoms. The average molecular weight is 276 g/mol. The van der Waals surface area contributed by atoms with Crippen LogP contribution in [-0.2, 0) is 16.1 Å². The summed E-state index contributed by atoms with van der Waals surface area (Å²) in [7, 11) is 1.28. The number of methoxy groups -OCH3 is 1. The highest BCUT2D eigenvalue weighted by Gasteiger charge is 2.12. The summed E-state index contributed by atoms with van der Waals surface area (Å²) in [6.45, 7) is -0.0487. The lowest BCUT2D eigenvalue weighted by atomic mass is 10.2. The van der Waals surface area contributed by atoms with Gasteiger partial charge in [-0.25, -0.2) is 0 Å². The molecule has 0 saturated carbocycles. The van der Waals surface area contributed by atoms with Gasteiger partial charge in [-0.1, -0.05) is 0 Å². The van der Waals surface area contributed by atoms with Gasteiger partial charge in [0.25, 0.3) is 5.91 Å². The summed E-state index contributed by atoms with van der Waals surface area (Å²) < 4.78 is 5.83. The maximum absolute atomic E-state index is 11.9. The van der Waals surface area contributed by atoms with E-state index in [1.54, 1.807) is 0 Å². The number of esters is 1. The monoisotopic (exact) mass is 276 g/mol. The van der Waals surface area contributed by atoms with Gasteiger partial charge in [0.15, 0.2) is 0 Å². The highest BCUT2D eigenvalue weighted by Crippen LogP contribution is 2.16. The number of anilines is 1. The number of ether oxygens (including phenoxy) is 1. The van der Waals surface area contributed by atoms with Crippen LogP contribution in [0.15, 0.2) is 30.9 Å². The molecular formula is C12H12N4O4. The minimum atomic E-state index is -0.498. The fourth-order valence-electron chi connectivity index (χ4n) is 1.49. The van der Waals surface area contributed by atoms with Gasteiger partial charge in [-0.05, 0) is 6.07 Å². The van der Waals surface area contributed by atoms with Crippen molar-refractivity contribution in [3.8, 4) is 5.75 Å². The van der Waals surface area contributed by atoms with Crippen molar-refractivity contribution in [2.24, 2.45) is 0 Å². The van der Waals surface area contributed by atoms with E-state index >= 15 is 0 Å². The van der Waals surface area contributed by atoms with E-state index in [1.807, 2.05) is 0 Å². The summed E-state index contributed by atoms with van der Waals surface area (Å²) in [5.41, 5.74) is 0.496. The van der Waals surface area contributed by atoms with E-state index in [0.29, 0.717) is 5.69 Å². The minimum absolute atomic E-state index is 0.0487. The van der Waals surface area contributed by atoms with Crippen LogP contribution in [0.4, 0.5) is 5.69 Å². The number of hydrogen-bond donors (Lipinski definition) is 2. The largest absolute Gasteiger partial charge is 0.505 e. The van der Waals surface area contributed by atoms with Gasteiger partial charge in [0.2, 0.25) is 0 Å². The Morgan fingerprint density at radius 2 is 2.25 bits per heavy atom. The second kappa shape index (κ2) is 5.83. The lowest BCUT2D eigenvalue weighted by Gasteiger charge is -2.03. The molecule has 1 amide bonds. The van der Waals surface area contributed by atoms with Crippen molar-refractivity contribution >= 4 is 17.6 Å². The minimum Gasteiger partial charge on any atom is -0.505 e. The Labute approximate surface area is 114 Å². The second-order valence-corrected chi connectivity index (χ2v) is 3.85. The first-order valence-electron chi connectivity index (χ1n) is 5.63. The normalized spacial score (nSPS) is 10.1. The van der Waals surface area contributed by atoms with Crippen LogP contribution >= 0.6 is 0 Å². The number of nitrogens with one attached hydrogen (secondary N) is 1. The summed E-state index contributed by atoms with van der Waals surface area (Å²) >= 11 is 0. The third-order valence-corrected chi connectivity index (χ3v) is 2.45. The Morgan fingerprint density at radius 1 is 1.45 bits per heavy atom. The third kappa shape index (κ3) is 3.10. The molecule has 0 spiro atoms. The van der Waals surface area contributed by atoms with Gasteiger partial charge >= 0.3 is 5.97 Å². The molecule has 0 aliphatic rings. The number of pyridine rings is 1. The lowest BCUT2D eigenvalue weighted by Crippen LogP contribution is -2.13. The first-order chi connectivity index (χ1) is 9.60. The zero-order valence-electron chi connectivity index (χ0n) is 10.6. The molecule has 2 N–H and O–H groups in total. The van der Waals surface area contributed by atoms with Crippen molar-refractivity contribution < 1.29 is 19.4 Å². The van der Waals surface area contributed by atoms with Gasteiger partial charge in [-0.2, -0.15) is 5.10 Å². The molecule has 0 radical (unpaired) electrons. The first kappa shape index (κ1) is 13.5. The molecule has 0 unspecified atom stereocenters. The average Bonchev–Trinajstić information content (AvgIpc) is 2.86. The molecule has 0 aliphatic heterocycles. The molecule has 0 aliphatic carbocycles. The van der Waals surface area contributed by atoms with Gasteiger partial charge in [0, 0.05) is 12.4 Å². The molecule has 0 fully saturated rings. The fraction of sp³-hybridized carbons (Fsp3) is 0.167. The van der Waals surface area contributed by atoms with E-state index in [9.17, 15) is 14.7 Å². The molecule has 104 valence electrons. The number of amides is 1. The van der Waals surface area contributed by atoms with E-state index in [-0.39, 0.29) is 17.9 Å². The number of carbonyl (C=O) groups is 2. The number of rotatable bonds is 4. The molecular weight excluding hydrogens is 264 g/mol. The van der Waals surface area contributed by atoms with Crippen molar-refractivity contribution in [2.75, 3.05) is 12.4 Å². The van der Waals surface area contributed by atoms with Crippen molar-refractivity contribution in [1.29, 1.82) is 0 Å². The number of carbonyl (C=O) groups excluding carboxylic acids is 2. The highest BCUT2D eigenvalue weighted by molar-refractivity contribution is 6.05. The maximum Gasteiger partial charge on any atom is 0.327 e. The summed E-state index contributed by atoms with van der Waals surface area (Å²) in [5, 5.41) is 16.0. The van der Waals surface area contributed by atoms with Crippen LogP contribution in [0, 0.1) is 0 Å². The molecule has 8 nitrogen and oxygen atoms in total. The maximum atomic E-state index is 11.9. The number of aromatic hydroxyl groups is 1. The highest BCUT2D eigenvalue weighted by atomic mass is 16.5. The number of aromatic nitrogens is 3. The molecule has 20 heavy (non-hydrogen) atoms. The molecule has 2 rings (SSSR count). The Morgan fingerprint density at radius 3 is 2.95 bits per heavy atom. The van der Waals surface area contributed by atoms with Crippen molar-refractivity contribution in [1.82, 2.24) is 14.8 Å². The van der Waals surface area contributed by atoms with Crippen LogP contribution < -0.4 is 5.32 Å². The molecule has 0 atom stereocenters. The molecule has 2 aromatic rings. The van der Waals surface area contributed by atoms with Crippen LogP contribution in [0.25, 0.3) is 0 Å².